The van der Waals surface area contributed by atoms with Gasteiger partial charge in [0.2, 0.25) is 0 Å². The lowest BCUT2D eigenvalue weighted by molar-refractivity contribution is 0.895. The van der Waals surface area contributed by atoms with Crippen LogP contribution < -0.4 is 0 Å². The first kappa shape index (κ1) is 16.1. The van der Waals surface area contributed by atoms with Gasteiger partial charge in [-0.25, -0.2) is 0 Å². The van der Waals surface area contributed by atoms with Gasteiger partial charge in [-0.15, -0.1) is 0 Å². The van der Waals surface area contributed by atoms with Gasteiger partial charge in [0.15, 0.2) is 0 Å². The fourth-order valence-electron chi connectivity index (χ4n) is 5.41. The maximum Gasteiger partial charge on any atom is 0.0244 e. The third kappa shape index (κ3) is 2.89. The van der Waals surface area contributed by atoms with Gasteiger partial charge in [-0.1, -0.05) is 34.1 Å². The Morgan fingerprint density at radius 3 is 1.20 bits per heavy atom. The summed E-state index contributed by atoms with van der Waals surface area (Å²) in [6.07, 6.45) is 16.0. The Labute approximate surface area is 160 Å². The lowest BCUT2D eigenvalue weighted by Crippen LogP contribution is -1.92. The van der Waals surface area contributed by atoms with E-state index in [-0.39, 0.29) is 0 Å². The molecule has 25 heavy (non-hydrogen) atoms. The maximum absolute atomic E-state index is 3.78. The first-order valence-electron chi connectivity index (χ1n) is 10.2. The molecule has 0 nitrogen and oxygen atoms in total. The van der Waals surface area contributed by atoms with Gasteiger partial charge in [-0.2, -0.15) is 0 Å². The van der Waals surface area contributed by atoms with Gasteiger partial charge in [-0.3, -0.25) is 0 Å². The van der Waals surface area contributed by atoms with E-state index in [4.69, 9.17) is 0 Å². The van der Waals surface area contributed by atoms with Crippen molar-refractivity contribution >= 4 is 15.9 Å². The van der Waals surface area contributed by atoms with Crippen LogP contribution in [-0.2, 0) is 51.4 Å². The van der Waals surface area contributed by atoms with Crippen LogP contribution in [0.15, 0.2) is 22.7 Å². The van der Waals surface area contributed by atoms with E-state index in [1.165, 1.54) is 81.5 Å². The summed E-state index contributed by atoms with van der Waals surface area (Å²) < 4.78 is 1.45. The molecule has 2 aromatic rings. The summed E-state index contributed by atoms with van der Waals surface area (Å²) in [6, 6.07) is 7.42. The number of benzene rings is 2. The lowest BCUT2D eigenvalue weighted by Gasteiger charge is -2.08. The fraction of sp³-hybridized carbons (Fsp3) is 0.500. The Morgan fingerprint density at radius 2 is 0.760 bits per heavy atom. The number of fused-ring (bicyclic) bond motifs is 4. The van der Waals surface area contributed by atoms with Gasteiger partial charge in [-0.05, 0) is 122 Å². The highest BCUT2D eigenvalue weighted by molar-refractivity contribution is 9.10. The van der Waals surface area contributed by atoms with Crippen LogP contribution in [0.2, 0.25) is 0 Å². The molecule has 0 aromatic heterocycles. The van der Waals surface area contributed by atoms with E-state index >= 15 is 0 Å². The molecule has 0 saturated heterocycles. The predicted octanol–water partition coefficient (Wildman–Crippen LogP) is 6.09. The molecule has 0 spiro atoms. The molecule has 0 fully saturated rings. The molecule has 0 radical (unpaired) electrons. The van der Waals surface area contributed by atoms with E-state index in [9.17, 15) is 0 Å². The molecule has 130 valence electrons. The van der Waals surface area contributed by atoms with E-state index in [1.54, 1.807) is 44.5 Å². The average molecular weight is 395 g/mol. The summed E-state index contributed by atoms with van der Waals surface area (Å²) >= 11 is 3.78. The van der Waals surface area contributed by atoms with Gasteiger partial charge < -0.3 is 0 Å². The third-order valence-corrected chi connectivity index (χ3v) is 7.66. The Balaban J connectivity index is 0.000000112. The van der Waals surface area contributed by atoms with E-state index in [1.807, 2.05) is 0 Å². The van der Waals surface area contributed by atoms with Crippen LogP contribution in [-0.4, -0.2) is 0 Å². The van der Waals surface area contributed by atoms with Crippen molar-refractivity contribution in [1.29, 1.82) is 0 Å². The molecule has 0 aliphatic heterocycles. The van der Waals surface area contributed by atoms with Crippen molar-refractivity contribution in [3.63, 3.8) is 0 Å². The monoisotopic (exact) mass is 394 g/mol. The molecular weight excluding hydrogens is 368 g/mol. The van der Waals surface area contributed by atoms with Crippen LogP contribution in [0.25, 0.3) is 0 Å². The molecule has 0 heterocycles. The van der Waals surface area contributed by atoms with Crippen LogP contribution in [0.3, 0.4) is 0 Å². The normalized spacial score (nSPS) is 19.1. The average Bonchev–Trinajstić information content (AvgIpc) is 3.39. The molecule has 2 aromatic carbocycles. The van der Waals surface area contributed by atoms with Gasteiger partial charge >= 0.3 is 0 Å². The quantitative estimate of drug-likeness (QED) is 0.506. The number of hydrogen-bond acceptors (Lipinski definition) is 0. The smallest absolute Gasteiger partial charge is 0.0244 e. The van der Waals surface area contributed by atoms with Crippen molar-refractivity contribution in [1.82, 2.24) is 0 Å². The zero-order chi connectivity index (χ0) is 16.8. The van der Waals surface area contributed by atoms with Crippen LogP contribution in [0, 0.1) is 0 Å². The number of hydrogen-bond donors (Lipinski definition) is 0. The van der Waals surface area contributed by atoms with Crippen LogP contribution in [0.1, 0.15) is 70.2 Å². The van der Waals surface area contributed by atoms with E-state index in [0.29, 0.717) is 0 Å². The molecule has 6 rings (SSSR count). The van der Waals surface area contributed by atoms with Gasteiger partial charge in [0.25, 0.3) is 0 Å². The minimum atomic E-state index is 1.29. The molecule has 4 aliphatic carbocycles. The highest BCUT2D eigenvalue weighted by Crippen LogP contribution is 2.38. The second-order valence-corrected chi connectivity index (χ2v) is 9.06. The van der Waals surface area contributed by atoms with Crippen LogP contribution in [0.5, 0.6) is 0 Å². The molecule has 1 heteroatoms. The largest absolute Gasteiger partial charge is 0.0553 e. The van der Waals surface area contributed by atoms with E-state index < -0.39 is 0 Å². The minimum absolute atomic E-state index is 1.29. The molecule has 0 atom stereocenters. The topological polar surface area (TPSA) is 0 Å². The van der Waals surface area contributed by atoms with E-state index in [2.05, 4.69) is 34.1 Å². The van der Waals surface area contributed by atoms with Crippen LogP contribution in [0.4, 0.5) is 0 Å². The first-order valence-corrected chi connectivity index (χ1v) is 11.0. The highest BCUT2D eigenvalue weighted by Gasteiger charge is 2.22. The highest BCUT2D eigenvalue weighted by atomic mass is 79.9. The summed E-state index contributed by atoms with van der Waals surface area (Å²) in [7, 11) is 0. The molecule has 0 saturated carbocycles. The molecule has 0 unspecified atom stereocenters. The Morgan fingerprint density at radius 1 is 0.440 bits per heavy atom. The Bertz CT molecular complexity index is 738. The Hall–Kier alpha value is -1.08. The summed E-state index contributed by atoms with van der Waals surface area (Å²) in [5.74, 6) is 0. The van der Waals surface area contributed by atoms with Gasteiger partial charge in [0.1, 0.15) is 0 Å². The third-order valence-electron chi connectivity index (χ3n) is 6.71. The fourth-order valence-corrected chi connectivity index (χ4v) is 6.31. The van der Waals surface area contributed by atoms with Gasteiger partial charge in [0, 0.05) is 4.47 Å². The van der Waals surface area contributed by atoms with Gasteiger partial charge in [0.05, 0.1) is 0 Å². The first-order chi connectivity index (χ1) is 12.3. The zero-order valence-electron chi connectivity index (χ0n) is 15.1. The van der Waals surface area contributed by atoms with Crippen molar-refractivity contribution < 1.29 is 0 Å². The number of rotatable bonds is 0. The summed E-state index contributed by atoms with van der Waals surface area (Å²) in [5.41, 5.74) is 13.1. The molecule has 4 aliphatic rings. The standard InChI is InChI=1S/C12H13Br.C12H14/c13-12-10-5-1-3-8(10)7-9-4-2-6-11(9)12;1-3-9-7-11-5-2-6-12(11)8-10(9)4-1/h7H,1-6H2;7-8H,1-6H2. The van der Waals surface area contributed by atoms with Crippen molar-refractivity contribution in [2.24, 2.45) is 0 Å². The zero-order valence-corrected chi connectivity index (χ0v) is 16.7. The van der Waals surface area contributed by atoms with Crippen LogP contribution >= 0.6 is 15.9 Å². The molecular formula is C24H27Br. The lowest BCUT2D eigenvalue weighted by atomic mass is 10.0. The molecule has 0 amide bonds. The number of halogens is 1. The Kier molecular flexibility index (Phi) is 4.24. The van der Waals surface area contributed by atoms with Crippen molar-refractivity contribution in [2.75, 3.05) is 0 Å². The number of aryl methyl sites for hydroxylation is 6. The SMILES string of the molecule is Brc1c2c(cc3c1CCC3)CCC2.c1c2c(cc3c1CCC3)CCC2. The van der Waals surface area contributed by atoms with Crippen molar-refractivity contribution in [3.05, 3.63) is 67.2 Å². The van der Waals surface area contributed by atoms with Crippen molar-refractivity contribution in [3.8, 4) is 0 Å². The second-order valence-electron chi connectivity index (χ2n) is 8.27. The molecule has 0 N–H and O–H groups in total. The molecule has 0 bridgehead atoms. The summed E-state index contributed by atoms with van der Waals surface area (Å²) in [6.45, 7) is 0. The van der Waals surface area contributed by atoms with Crippen molar-refractivity contribution in [2.45, 2.75) is 77.0 Å². The van der Waals surface area contributed by atoms with E-state index in [0.717, 1.165) is 0 Å². The maximum atomic E-state index is 3.78. The minimum Gasteiger partial charge on any atom is -0.0553 e. The predicted molar refractivity (Wildman–Crippen MR) is 109 cm³/mol. The summed E-state index contributed by atoms with van der Waals surface area (Å²) in [5, 5.41) is 0. The second kappa shape index (κ2) is 6.58. The summed E-state index contributed by atoms with van der Waals surface area (Å²) in [4.78, 5) is 0.